The third-order valence-corrected chi connectivity index (χ3v) is 43.7. The van der Waals surface area contributed by atoms with Crippen molar-refractivity contribution in [3.8, 4) is 0 Å². The lowest BCUT2D eigenvalue weighted by Gasteiger charge is -2.67. The normalized spacial score (nSPS) is 34.4. The molecular weight excluding hydrogens is 1640 g/mol. The highest BCUT2D eigenvalue weighted by Crippen LogP contribution is 2.73. The standard InChI is InChI=1S/C15H22.2C14H24.C13H24.C13H26.C12H22.C11H18F2.C11H20.C11H22.C10H18.C9H16/c1-12(2)13-8-10-15(11-9-13)14-6-4-3-5-7-14;1-10(2)6-14-7-11-3-12(8-14)5-13(4-11)9-14;1-11(2)6-12-7-14(8-12)9-13(10-14)4-3-5-13;1-11(2)12-5-9-13(10-6-12)7-3-4-8-13;1-4-5-12-6-8-13(9-7-12)10-11(2)3;1-10(2)11-4-8-12(9-5-11)6-3-7-12;1-8(2)3-9-4-10(5-9)6-11(12,13)7-10;1-8(2)10-6-11(7-10)9-4-3-5-9;1-10(2)9-11-7-5-3-4-6-8-11;1-8(2)3-4-10-5-9(6-10)7-10;1-6(2)7-3-8-5-9(8)4-7/h3-7,12-13,15H,8-11H2,1-2H3;10-13H,3-9H2,1-2H3;11-12H,3-10H2,1-2H3;11-12H,3-10H2,1-2H3;11-13H,4-10H2,1-3H3;10-11H,3-9H2,1-2H3;8-9H,3-7H2,1-2H3;8-11H,3-7H2,1-2H3;10-11H,3-9H2,1-2H3;8-9H,3-7H2,1-2H3;6-9H,3-5H2,1-2H3/t;;;;;;;;;;7?,8-,9+. The number of rotatable bonds is 22. The molecule has 0 amide bonds. The Balaban J connectivity index is 0.000000134. The topological polar surface area (TPSA) is 0 Å². The molecule has 3 atom stereocenters. The van der Waals surface area contributed by atoms with Gasteiger partial charge in [0.15, 0.2) is 0 Å². The molecule has 23 aliphatic carbocycles. The molecule has 2 heteroatoms. The number of fused-ring (bicyclic) bond motifs is 1. The van der Waals surface area contributed by atoms with Crippen LogP contribution in [-0.2, 0) is 0 Å². The van der Waals surface area contributed by atoms with E-state index in [-0.39, 0.29) is 18.3 Å². The van der Waals surface area contributed by atoms with Gasteiger partial charge in [-0.2, -0.15) is 0 Å². The lowest BCUT2D eigenvalue weighted by atomic mass is 9.38. The van der Waals surface area contributed by atoms with Gasteiger partial charge in [-0.3, -0.25) is 0 Å². The van der Waals surface area contributed by atoms with Gasteiger partial charge >= 0.3 is 0 Å². The molecule has 1 aromatic carbocycles. The van der Waals surface area contributed by atoms with E-state index in [0.717, 1.165) is 205 Å². The molecule has 0 aromatic heterocycles. The van der Waals surface area contributed by atoms with E-state index in [1.54, 1.807) is 198 Å². The quantitative estimate of drug-likeness (QED) is 0.102. The third kappa shape index (κ3) is 34.6. The first-order chi connectivity index (χ1) is 64.1. The summed E-state index contributed by atoms with van der Waals surface area (Å²) in [6.45, 7) is 54.2. The summed E-state index contributed by atoms with van der Waals surface area (Å²) in [5.41, 5.74) is 6.86. The Labute approximate surface area is 843 Å². The fourth-order valence-corrected chi connectivity index (χ4v) is 35.6. The van der Waals surface area contributed by atoms with Gasteiger partial charge in [-0.05, 0) is 504 Å². The van der Waals surface area contributed by atoms with E-state index in [1.165, 1.54) is 223 Å². The highest BCUT2D eigenvalue weighted by molar-refractivity contribution is 5.20. The molecule has 5 spiro atoms. The monoisotopic (exact) mass is 1870 g/mol. The summed E-state index contributed by atoms with van der Waals surface area (Å²) < 4.78 is 25.3. The molecule has 782 valence electrons. The molecule has 0 aliphatic heterocycles. The summed E-state index contributed by atoms with van der Waals surface area (Å²) in [5.74, 6) is 28.0. The van der Waals surface area contributed by atoms with Gasteiger partial charge in [-0.25, -0.2) is 8.78 Å². The summed E-state index contributed by atoms with van der Waals surface area (Å²) >= 11 is 0. The van der Waals surface area contributed by atoms with Crippen LogP contribution in [0.2, 0.25) is 0 Å². The fraction of sp³-hybridized carbons (Fsp3) is 0.955. The smallest absolute Gasteiger partial charge is 0.207 e. The highest BCUT2D eigenvalue weighted by Gasteiger charge is 2.63. The molecule has 0 N–H and O–H groups in total. The van der Waals surface area contributed by atoms with Crippen molar-refractivity contribution < 1.29 is 8.78 Å². The van der Waals surface area contributed by atoms with E-state index >= 15 is 0 Å². The molecule has 24 rings (SSSR count). The molecule has 0 heterocycles. The van der Waals surface area contributed by atoms with E-state index < -0.39 is 5.92 Å². The first kappa shape index (κ1) is 113. The minimum Gasteiger partial charge on any atom is -0.207 e. The predicted molar refractivity (Wildman–Crippen MR) is 588 cm³/mol. The van der Waals surface area contributed by atoms with Crippen LogP contribution in [0.15, 0.2) is 30.3 Å². The van der Waals surface area contributed by atoms with Crippen molar-refractivity contribution in [1.29, 1.82) is 0 Å². The number of alkyl halides is 2. The molecule has 23 saturated carbocycles. The number of halogens is 2. The van der Waals surface area contributed by atoms with Crippen molar-refractivity contribution in [3.05, 3.63) is 35.9 Å². The summed E-state index contributed by atoms with van der Waals surface area (Å²) in [6, 6.07) is 11.0. The van der Waals surface area contributed by atoms with Crippen LogP contribution in [0.4, 0.5) is 8.78 Å². The van der Waals surface area contributed by atoms with Crippen molar-refractivity contribution in [2.75, 3.05) is 0 Å². The molecule has 1 unspecified atom stereocenters. The highest BCUT2D eigenvalue weighted by atomic mass is 19.3. The van der Waals surface area contributed by atoms with E-state index in [0.29, 0.717) is 0 Å². The van der Waals surface area contributed by atoms with Gasteiger partial charge in [0.1, 0.15) is 0 Å². The molecule has 1 aromatic rings. The fourth-order valence-electron chi connectivity index (χ4n) is 35.6. The van der Waals surface area contributed by atoms with Crippen LogP contribution in [0.25, 0.3) is 0 Å². The Kier molecular flexibility index (Phi) is 43.5. The molecule has 0 saturated heterocycles. The maximum Gasteiger partial charge on any atom is 0.249 e. The summed E-state index contributed by atoms with van der Waals surface area (Å²) in [5, 5.41) is 0. The van der Waals surface area contributed by atoms with Crippen molar-refractivity contribution >= 4 is 0 Å². The Morgan fingerprint density at radius 2 is 0.644 bits per heavy atom. The maximum atomic E-state index is 12.6. The van der Waals surface area contributed by atoms with E-state index in [4.69, 9.17) is 0 Å². The second-order valence-electron chi connectivity index (χ2n) is 60.1. The van der Waals surface area contributed by atoms with Crippen LogP contribution < -0.4 is 0 Å². The van der Waals surface area contributed by atoms with Crippen LogP contribution in [-0.4, -0.2) is 5.92 Å². The zero-order valence-corrected chi connectivity index (χ0v) is 95.1. The van der Waals surface area contributed by atoms with Gasteiger partial charge in [-0.15, -0.1) is 0 Å². The Morgan fingerprint density at radius 3 is 0.985 bits per heavy atom. The molecule has 23 fully saturated rings. The van der Waals surface area contributed by atoms with Gasteiger partial charge in [0.2, 0.25) is 5.92 Å². The second-order valence-corrected chi connectivity index (χ2v) is 60.1. The average molecular weight is 1870 g/mol. The Hall–Kier alpha value is -0.920. The van der Waals surface area contributed by atoms with Crippen molar-refractivity contribution in [3.63, 3.8) is 0 Å². The SMILES string of the molecule is CC(C)C1CC(C2CCC2)C1.CC(C)C1CCC(c2ccccc2)CC1.CC(C)C1CCC2(CCC2)CC1.CC(C)C1CCC2(CCCC2)CC1.CC(C)C1C[C@@H]2C[C@@H]2C1.CC(C)CC12CC3CC(CC(C3)C1)C2.CC(C)CC1CC2(C1)CC(F)(F)C2.CC(C)CC1CC2(C1)CC1(CCC1)C2.CC(C)CC1CCCCCC1.CC(C)CCC12CC(C1)C2.CCCC1CCC(CC(C)C)CC1. The molecule has 0 nitrogen and oxygen atoms in total. The van der Waals surface area contributed by atoms with Crippen molar-refractivity contribution in [2.45, 2.75) is 595 Å². The molecular formula is C133H236F2. The minimum absolute atomic E-state index is 0.0864. The van der Waals surface area contributed by atoms with E-state index in [2.05, 4.69) is 190 Å². The van der Waals surface area contributed by atoms with Gasteiger partial charge < -0.3 is 0 Å². The first-order valence-electron chi connectivity index (χ1n) is 62.6. The lowest BCUT2D eigenvalue weighted by molar-refractivity contribution is -0.208. The summed E-state index contributed by atoms with van der Waals surface area (Å²) in [7, 11) is 0. The van der Waals surface area contributed by atoms with Crippen molar-refractivity contribution in [1.82, 2.24) is 0 Å². The van der Waals surface area contributed by atoms with Crippen LogP contribution in [0.5, 0.6) is 0 Å². The van der Waals surface area contributed by atoms with Crippen molar-refractivity contribution in [2.24, 2.45) is 210 Å². The number of benzene rings is 1. The van der Waals surface area contributed by atoms with Crippen LogP contribution in [0.1, 0.15) is 595 Å². The average Bonchev–Trinajstić information content (AvgIpc) is 1.21. The predicted octanol–water partition coefficient (Wildman–Crippen LogP) is 43.5. The van der Waals surface area contributed by atoms with E-state index in [9.17, 15) is 8.78 Å². The van der Waals surface area contributed by atoms with Crippen LogP contribution in [0.3, 0.4) is 0 Å². The Morgan fingerprint density at radius 1 is 0.274 bits per heavy atom. The molecule has 0 radical (unpaired) electrons. The zero-order valence-electron chi connectivity index (χ0n) is 95.1. The van der Waals surface area contributed by atoms with E-state index in [1.807, 2.05) is 0 Å². The summed E-state index contributed by atoms with van der Waals surface area (Å²) in [4.78, 5) is 0. The molecule has 6 bridgehead atoms. The molecule has 23 aliphatic rings. The lowest BCUT2D eigenvalue weighted by Crippen LogP contribution is -2.56. The summed E-state index contributed by atoms with van der Waals surface area (Å²) in [6.07, 6.45) is 97.2. The van der Waals surface area contributed by atoms with Gasteiger partial charge in [0.05, 0.1) is 0 Å². The number of hydrogen-bond donors (Lipinski definition) is 0. The molecule has 135 heavy (non-hydrogen) atoms. The van der Waals surface area contributed by atoms with Gasteiger partial charge in [0.25, 0.3) is 0 Å². The maximum absolute atomic E-state index is 12.6. The first-order valence-corrected chi connectivity index (χ1v) is 62.6. The third-order valence-electron chi connectivity index (χ3n) is 43.7. The van der Waals surface area contributed by atoms with Gasteiger partial charge in [0, 0.05) is 12.8 Å². The largest absolute Gasteiger partial charge is 0.249 e. The van der Waals surface area contributed by atoms with Crippen LogP contribution >= 0.6 is 0 Å². The zero-order chi connectivity index (χ0) is 97.1. The number of hydrogen-bond acceptors (Lipinski definition) is 0. The van der Waals surface area contributed by atoms with Gasteiger partial charge in [-0.1, -0.05) is 318 Å². The second kappa shape index (κ2) is 52.1. The Bertz CT molecular complexity index is 3250. The van der Waals surface area contributed by atoms with Crippen LogP contribution in [0, 0.1) is 210 Å². The minimum atomic E-state index is -2.32.